The molecule has 1 aromatic rings. The minimum absolute atomic E-state index is 0.332. The summed E-state index contributed by atoms with van der Waals surface area (Å²) >= 11 is 7.23. The van der Waals surface area contributed by atoms with Gasteiger partial charge in [0, 0.05) is 5.38 Å². The fraction of sp³-hybridized carbons (Fsp3) is 0.727. The first-order valence-electron chi connectivity index (χ1n) is 5.43. The number of hydrogen-bond acceptors (Lipinski definition) is 3. The number of rotatable bonds is 2. The number of ether oxygens (including phenoxy) is 1. The second kappa shape index (κ2) is 4.71. The van der Waals surface area contributed by atoms with Crippen molar-refractivity contribution in [2.24, 2.45) is 11.8 Å². The Labute approximate surface area is 99.6 Å². The molecular formula is C11H16ClNOS. The van der Waals surface area contributed by atoms with Crippen molar-refractivity contribution in [3.63, 3.8) is 0 Å². The van der Waals surface area contributed by atoms with E-state index in [1.165, 1.54) is 17.8 Å². The van der Waals surface area contributed by atoms with Gasteiger partial charge in [0.05, 0.1) is 0 Å². The molecule has 0 amide bonds. The molecule has 1 aliphatic carbocycles. The summed E-state index contributed by atoms with van der Waals surface area (Å²) < 4.78 is 5.82. The van der Waals surface area contributed by atoms with E-state index in [1.54, 1.807) is 0 Å². The molecule has 0 radical (unpaired) electrons. The summed E-state index contributed by atoms with van der Waals surface area (Å²) in [5.41, 5.74) is 0. The van der Waals surface area contributed by atoms with Gasteiger partial charge in [-0.05, 0) is 31.1 Å². The van der Waals surface area contributed by atoms with Gasteiger partial charge in [0.1, 0.15) is 11.3 Å². The molecule has 2 rings (SSSR count). The van der Waals surface area contributed by atoms with E-state index in [1.807, 2.05) is 5.38 Å². The Hall–Kier alpha value is -0.280. The molecule has 1 aliphatic rings. The van der Waals surface area contributed by atoms with Gasteiger partial charge in [0.2, 0.25) is 0 Å². The van der Waals surface area contributed by atoms with Gasteiger partial charge < -0.3 is 4.74 Å². The van der Waals surface area contributed by atoms with Crippen LogP contribution >= 0.6 is 22.9 Å². The van der Waals surface area contributed by atoms with Crippen molar-refractivity contribution in [2.75, 3.05) is 0 Å². The molecule has 1 saturated carbocycles. The first-order chi connectivity index (χ1) is 7.15. The Morgan fingerprint density at radius 1 is 1.40 bits per heavy atom. The third-order valence-electron chi connectivity index (χ3n) is 3.27. The highest BCUT2D eigenvalue weighted by atomic mass is 35.5. The number of nitrogens with zero attached hydrogens (tertiary/aromatic N) is 1. The Balaban J connectivity index is 1.90. The zero-order chi connectivity index (χ0) is 10.8. The Morgan fingerprint density at radius 3 is 2.80 bits per heavy atom. The average Bonchev–Trinajstić information content (AvgIpc) is 2.58. The van der Waals surface area contributed by atoms with Gasteiger partial charge in [-0.15, -0.1) is 0 Å². The summed E-state index contributed by atoms with van der Waals surface area (Å²) in [7, 11) is 0. The number of hydrogen-bond donors (Lipinski definition) is 0. The van der Waals surface area contributed by atoms with E-state index in [4.69, 9.17) is 16.3 Å². The van der Waals surface area contributed by atoms with Gasteiger partial charge in [-0.25, -0.2) is 0 Å². The smallest absolute Gasteiger partial charge is 0.274 e. The molecule has 0 spiro atoms. The summed E-state index contributed by atoms with van der Waals surface area (Å²) in [5.74, 6) is 1.57. The number of aromatic nitrogens is 1. The maximum atomic E-state index is 5.82. The predicted octanol–water partition coefficient (Wildman–Crippen LogP) is 4.00. The molecular weight excluding hydrogens is 230 g/mol. The molecule has 1 heterocycles. The SMILES string of the molecule is CC1CCC(Oc2nc(Cl)cs2)CC1C. The highest BCUT2D eigenvalue weighted by Crippen LogP contribution is 2.32. The average molecular weight is 246 g/mol. The van der Waals surface area contributed by atoms with Crippen molar-refractivity contribution < 1.29 is 4.74 Å². The van der Waals surface area contributed by atoms with E-state index in [0.29, 0.717) is 16.5 Å². The van der Waals surface area contributed by atoms with Crippen LogP contribution in [0.15, 0.2) is 5.38 Å². The summed E-state index contributed by atoms with van der Waals surface area (Å²) in [5, 5.41) is 3.06. The lowest BCUT2D eigenvalue weighted by atomic mass is 9.80. The first kappa shape index (κ1) is 11.2. The third-order valence-corrected chi connectivity index (χ3v) is 4.33. The largest absolute Gasteiger partial charge is 0.467 e. The molecule has 15 heavy (non-hydrogen) atoms. The topological polar surface area (TPSA) is 22.1 Å². The quantitative estimate of drug-likeness (QED) is 0.786. The standard InChI is InChI=1S/C11H16ClNOS/c1-7-3-4-9(5-8(7)2)14-11-13-10(12)6-15-11/h6-9H,3-5H2,1-2H3. The number of thiazole rings is 1. The highest BCUT2D eigenvalue weighted by Gasteiger charge is 2.26. The fourth-order valence-electron chi connectivity index (χ4n) is 2.04. The molecule has 4 heteroatoms. The van der Waals surface area contributed by atoms with E-state index in [0.717, 1.165) is 24.7 Å². The van der Waals surface area contributed by atoms with Crippen LogP contribution in [0.2, 0.25) is 5.15 Å². The van der Waals surface area contributed by atoms with E-state index in [9.17, 15) is 0 Å². The second-order valence-corrected chi connectivity index (χ2v) is 5.65. The van der Waals surface area contributed by atoms with Gasteiger partial charge in [0.25, 0.3) is 5.19 Å². The van der Waals surface area contributed by atoms with Crippen molar-refractivity contribution in [1.29, 1.82) is 0 Å². The van der Waals surface area contributed by atoms with Crippen molar-refractivity contribution in [3.8, 4) is 5.19 Å². The fourth-order valence-corrected chi connectivity index (χ4v) is 2.89. The summed E-state index contributed by atoms with van der Waals surface area (Å²) in [6.45, 7) is 4.62. The van der Waals surface area contributed by atoms with E-state index >= 15 is 0 Å². The van der Waals surface area contributed by atoms with Gasteiger partial charge >= 0.3 is 0 Å². The zero-order valence-electron chi connectivity index (χ0n) is 9.07. The molecule has 0 aromatic carbocycles. The van der Waals surface area contributed by atoms with Crippen LogP contribution in [0.5, 0.6) is 5.19 Å². The third kappa shape index (κ3) is 2.85. The zero-order valence-corrected chi connectivity index (χ0v) is 10.6. The van der Waals surface area contributed by atoms with Gasteiger partial charge in [-0.1, -0.05) is 36.8 Å². The van der Waals surface area contributed by atoms with Crippen molar-refractivity contribution in [2.45, 2.75) is 39.2 Å². The molecule has 2 nitrogen and oxygen atoms in total. The van der Waals surface area contributed by atoms with Crippen LogP contribution in [0, 0.1) is 11.8 Å². The molecule has 0 aliphatic heterocycles. The van der Waals surface area contributed by atoms with Crippen LogP contribution < -0.4 is 4.74 Å². The van der Waals surface area contributed by atoms with Crippen molar-refractivity contribution >= 4 is 22.9 Å². The van der Waals surface area contributed by atoms with E-state index in [2.05, 4.69) is 18.8 Å². The van der Waals surface area contributed by atoms with Crippen LogP contribution in [-0.2, 0) is 0 Å². The summed E-state index contributed by atoms with van der Waals surface area (Å²) in [4.78, 5) is 4.11. The molecule has 0 bridgehead atoms. The maximum absolute atomic E-state index is 5.82. The Morgan fingerprint density at radius 2 is 2.20 bits per heavy atom. The molecule has 3 atom stereocenters. The maximum Gasteiger partial charge on any atom is 0.274 e. The lowest BCUT2D eigenvalue weighted by Crippen LogP contribution is -2.28. The Bertz CT molecular complexity index is 328. The molecule has 1 fully saturated rings. The summed E-state index contributed by atoms with van der Waals surface area (Å²) in [6, 6.07) is 0. The van der Waals surface area contributed by atoms with Gasteiger partial charge in [0.15, 0.2) is 0 Å². The molecule has 3 unspecified atom stereocenters. The van der Waals surface area contributed by atoms with Crippen LogP contribution in [0.3, 0.4) is 0 Å². The first-order valence-corrected chi connectivity index (χ1v) is 6.68. The van der Waals surface area contributed by atoms with Crippen LogP contribution in [0.25, 0.3) is 0 Å². The monoisotopic (exact) mass is 245 g/mol. The lowest BCUT2D eigenvalue weighted by Gasteiger charge is -2.31. The van der Waals surface area contributed by atoms with Gasteiger partial charge in [-0.2, -0.15) is 4.98 Å². The van der Waals surface area contributed by atoms with E-state index < -0.39 is 0 Å². The Kier molecular flexibility index (Phi) is 3.52. The normalized spacial score (nSPS) is 31.5. The molecule has 84 valence electrons. The van der Waals surface area contributed by atoms with Crippen LogP contribution in [0.1, 0.15) is 33.1 Å². The highest BCUT2D eigenvalue weighted by molar-refractivity contribution is 7.11. The predicted molar refractivity (Wildman–Crippen MR) is 63.7 cm³/mol. The minimum atomic E-state index is 0.332. The van der Waals surface area contributed by atoms with Gasteiger partial charge in [-0.3, -0.25) is 0 Å². The molecule has 0 N–H and O–H groups in total. The lowest BCUT2D eigenvalue weighted by molar-refractivity contribution is 0.100. The van der Waals surface area contributed by atoms with Crippen LogP contribution in [0.4, 0.5) is 0 Å². The van der Waals surface area contributed by atoms with Crippen molar-refractivity contribution in [3.05, 3.63) is 10.5 Å². The molecule has 0 saturated heterocycles. The van der Waals surface area contributed by atoms with Crippen LogP contribution in [-0.4, -0.2) is 11.1 Å². The minimum Gasteiger partial charge on any atom is -0.467 e. The molecule has 1 aromatic heterocycles. The van der Waals surface area contributed by atoms with E-state index in [-0.39, 0.29) is 0 Å². The second-order valence-electron chi connectivity index (χ2n) is 4.44. The summed E-state index contributed by atoms with van der Waals surface area (Å²) in [6.07, 6.45) is 3.87. The van der Waals surface area contributed by atoms with Crippen molar-refractivity contribution in [1.82, 2.24) is 4.98 Å². The number of halogens is 1.